The van der Waals surface area contributed by atoms with Gasteiger partial charge in [0.15, 0.2) is 5.82 Å². The molecule has 0 aliphatic carbocycles. The van der Waals surface area contributed by atoms with E-state index in [1.807, 2.05) is 0 Å². The second-order valence-corrected chi connectivity index (χ2v) is 9.05. The normalized spacial score (nSPS) is 10.8. The van der Waals surface area contributed by atoms with Crippen LogP contribution < -0.4 is 11.2 Å². The zero-order valence-corrected chi connectivity index (χ0v) is 21.0. The van der Waals surface area contributed by atoms with Crippen molar-refractivity contribution in [1.82, 2.24) is 19.8 Å². The number of rotatable bonds is 6. The summed E-state index contributed by atoms with van der Waals surface area (Å²) in [7, 11) is 0. The molecule has 0 radical (unpaired) electrons. The molecule has 3 aromatic rings. The number of pyridine rings is 1. The SMILES string of the molecule is NN(CCO)C(=O)c1cc(Br)cc(Br)c1NC(=O)c1cc(Br)nn1-c1ncccc1Cl. The van der Waals surface area contributed by atoms with Crippen molar-refractivity contribution >= 4 is 76.9 Å². The molecule has 0 fully saturated rings. The number of amides is 2. The van der Waals surface area contributed by atoms with Crippen LogP contribution in [0.3, 0.4) is 0 Å². The standard InChI is InChI=1S/C18H14Br3ClN6O3/c19-9-6-10(18(31)27(23)4-5-29)15(11(20)7-9)25-17(30)13-8-14(21)26-28(13)16-12(22)2-1-3-24-16/h1-3,6-8,29H,4-5,23H2,(H,25,30). The number of carbonyl (C=O) groups excluding carboxylic acids is 2. The number of hydrazine groups is 1. The number of benzene rings is 1. The van der Waals surface area contributed by atoms with Gasteiger partial charge >= 0.3 is 0 Å². The molecule has 0 aliphatic heterocycles. The van der Waals surface area contributed by atoms with Gasteiger partial charge in [0.25, 0.3) is 11.8 Å². The zero-order chi connectivity index (χ0) is 22.7. The van der Waals surface area contributed by atoms with Crippen molar-refractivity contribution in [3.63, 3.8) is 0 Å². The molecule has 13 heteroatoms. The smallest absolute Gasteiger partial charge is 0.274 e. The fourth-order valence-electron chi connectivity index (χ4n) is 2.62. The third kappa shape index (κ3) is 5.33. The Morgan fingerprint density at radius 3 is 2.68 bits per heavy atom. The Hall–Kier alpha value is -1.83. The number of aliphatic hydroxyl groups excluding tert-OH is 1. The summed E-state index contributed by atoms with van der Waals surface area (Å²) in [6.45, 7) is -0.384. The first-order valence-electron chi connectivity index (χ1n) is 8.57. The zero-order valence-electron chi connectivity index (χ0n) is 15.5. The number of aliphatic hydroxyl groups is 1. The summed E-state index contributed by atoms with van der Waals surface area (Å²) < 4.78 is 2.71. The molecular weight excluding hydrogens is 623 g/mol. The molecule has 9 nitrogen and oxygen atoms in total. The van der Waals surface area contributed by atoms with E-state index in [0.29, 0.717) is 18.6 Å². The molecule has 1 aromatic carbocycles. The number of halogens is 4. The number of nitrogens with one attached hydrogen (secondary N) is 1. The molecule has 0 aliphatic rings. The highest BCUT2D eigenvalue weighted by molar-refractivity contribution is 9.11. The van der Waals surface area contributed by atoms with Crippen LogP contribution in [0.1, 0.15) is 20.8 Å². The Balaban J connectivity index is 2.02. The van der Waals surface area contributed by atoms with Crippen LogP contribution in [0.15, 0.2) is 50.1 Å². The molecule has 162 valence electrons. The summed E-state index contributed by atoms with van der Waals surface area (Å²) in [5, 5.41) is 17.2. The minimum absolute atomic E-state index is 0.0752. The van der Waals surface area contributed by atoms with Crippen LogP contribution in [0.5, 0.6) is 0 Å². The maximum absolute atomic E-state index is 13.1. The van der Waals surface area contributed by atoms with E-state index >= 15 is 0 Å². The lowest BCUT2D eigenvalue weighted by molar-refractivity contribution is 0.0723. The van der Waals surface area contributed by atoms with Crippen molar-refractivity contribution in [2.24, 2.45) is 5.84 Å². The Bertz CT molecular complexity index is 1160. The maximum Gasteiger partial charge on any atom is 0.274 e. The first-order valence-corrected chi connectivity index (χ1v) is 11.3. The summed E-state index contributed by atoms with van der Waals surface area (Å²) in [5.41, 5.74) is 0.440. The van der Waals surface area contributed by atoms with E-state index in [9.17, 15) is 9.59 Å². The minimum atomic E-state index is -0.589. The first-order chi connectivity index (χ1) is 14.7. The van der Waals surface area contributed by atoms with E-state index < -0.39 is 11.8 Å². The summed E-state index contributed by atoms with van der Waals surface area (Å²) in [6.07, 6.45) is 1.53. The highest BCUT2D eigenvalue weighted by atomic mass is 79.9. The number of nitrogens with two attached hydrogens (primary N) is 1. The number of hydrogen-bond acceptors (Lipinski definition) is 6. The van der Waals surface area contributed by atoms with Crippen LogP contribution in [-0.4, -0.2) is 49.8 Å². The van der Waals surface area contributed by atoms with E-state index in [-0.39, 0.29) is 35.9 Å². The van der Waals surface area contributed by atoms with E-state index in [4.69, 9.17) is 22.6 Å². The van der Waals surface area contributed by atoms with Gasteiger partial charge in [-0.3, -0.25) is 14.6 Å². The highest BCUT2D eigenvalue weighted by Crippen LogP contribution is 2.32. The summed E-state index contributed by atoms with van der Waals surface area (Å²) in [6, 6.07) is 7.96. The summed E-state index contributed by atoms with van der Waals surface area (Å²) >= 11 is 16.2. The lowest BCUT2D eigenvalue weighted by Crippen LogP contribution is -2.40. The lowest BCUT2D eigenvalue weighted by Gasteiger charge is -2.19. The van der Waals surface area contributed by atoms with Gasteiger partial charge in [-0.25, -0.2) is 15.5 Å². The van der Waals surface area contributed by atoms with Crippen molar-refractivity contribution in [3.8, 4) is 5.82 Å². The lowest BCUT2D eigenvalue weighted by atomic mass is 10.1. The number of aromatic nitrogens is 3. The third-order valence-electron chi connectivity index (χ3n) is 3.98. The molecule has 4 N–H and O–H groups in total. The van der Waals surface area contributed by atoms with Crippen LogP contribution in [0.2, 0.25) is 5.02 Å². The van der Waals surface area contributed by atoms with Crippen LogP contribution >= 0.6 is 59.4 Å². The van der Waals surface area contributed by atoms with Gasteiger partial charge in [-0.15, -0.1) is 0 Å². The number of nitrogens with zero attached hydrogens (tertiary/aromatic N) is 4. The van der Waals surface area contributed by atoms with E-state index in [1.54, 1.807) is 18.2 Å². The van der Waals surface area contributed by atoms with Crippen molar-refractivity contribution in [2.45, 2.75) is 0 Å². The Morgan fingerprint density at radius 2 is 2.00 bits per heavy atom. The fourth-order valence-corrected chi connectivity index (χ4v) is 4.52. The summed E-state index contributed by atoms with van der Waals surface area (Å²) in [4.78, 5) is 30.1. The molecule has 0 saturated carbocycles. The highest BCUT2D eigenvalue weighted by Gasteiger charge is 2.24. The van der Waals surface area contributed by atoms with Gasteiger partial charge in [0.1, 0.15) is 10.3 Å². The van der Waals surface area contributed by atoms with Crippen molar-refractivity contribution < 1.29 is 14.7 Å². The van der Waals surface area contributed by atoms with Gasteiger partial charge in [0, 0.05) is 21.2 Å². The van der Waals surface area contributed by atoms with Crippen molar-refractivity contribution in [3.05, 3.63) is 66.4 Å². The molecule has 3 rings (SSSR count). The van der Waals surface area contributed by atoms with Gasteiger partial charge in [-0.2, -0.15) is 5.10 Å². The topological polar surface area (TPSA) is 126 Å². The van der Waals surface area contributed by atoms with Gasteiger partial charge in [-0.1, -0.05) is 27.5 Å². The van der Waals surface area contributed by atoms with Gasteiger partial charge in [-0.05, 0) is 56.1 Å². The second kappa shape index (κ2) is 10.2. The molecule has 2 heterocycles. The number of carbonyl (C=O) groups is 2. The molecular formula is C18H14Br3ClN6O3. The van der Waals surface area contributed by atoms with Crippen LogP contribution in [0.25, 0.3) is 5.82 Å². The molecule has 31 heavy (non-hydrogen) atoms. The fraction of sp³-hybridized carbons (Fsp3) is 0.111. The maximum atomic E-state index is 13.1. The molecule has 0 spiro atoms. The minimum Gasteiger partial charge on any atom is -0.394 e. The molecule has 0 atom stereocenters. The van der Waals surface area contributed by atoms with Crippen molar-refractivity contribution in [2.75, 3.05) is 18.5 Å². The van der Waals surface area contributed by atoms with Crippen LogP contribution in [0, 0.1) is 0 Å². The molecule has 2 aromatic heterocycles. The molecule has 2 amide bonds. The average molecular weight is 638 g/mol. The molecule has 0 unspecified atom stereocenters. The van der Waals surface area contributed by atoms with E-state index in [0.717, 1.165) is 5.01 Å². The predicted octanol–water partition coefficient (Wildman–Crippen LogP) is 3.77. The van der Waals surface area contributed by atoms with Crippen LogP contribution in [-0.2, 0) is 0 Å². The Morgan fingerprint density at radius 1 is 1.26 bits per heavy atom. The van der Waals surface area contributed by atoms with E-state index in [2.05, 4.69) is 63.2 Å². The van der Waals surface area contributed by atoms with E-state index in [1.165, 1.54) is 23.0 Å². The second-order valence-electron chi connectivity index (χ2n) is 6.06. The number of hydrogen-bond donors (Lipinski definition) is 3. The van der Waals surface area contributed by atoms with Gasteiger partial charge in [0.05, 0.1) is 29.4 Å². The Kier molecular flexibility index (Phi) is 7.83. The monoisotopic (exact) mass is 634 g/mol. The van der Waals surface area contributed by atoms with Gasteiger partial charge in [0.2, 0.25) is 0 Å². The van der Waals surface area contributed by atoms with Crippen LogP contribution in [0.4, 0.5) is 5.69 Å². The third-order valence-corrected chi connectivity index (χ3v) is 5.74. The van der Waals surface area contributed by atoms with Gasteiger partial charge < -0.3 is 10.4 Å². The average Bonchev–Trinajstić information content (AvgIpc) is 3.11. The molecule has 0 bridgehead atoms. The quantitative estimate of drug-likeness (QED) is 0.215. The molecule has 0 saturated heterocycles. The first kappa shape index (κ1) is 23.8. The predicted molar refractivity (Wildman–Crippen MR) is 126 cm³/mol. The Labute approximate surface area is 206 Å². The van der Waals surface area contributed by atoms with Crippen molar-refractivity contribution in [1.29, 1.82) is 0 Å². The number of anilines is 1. The largest absolute Gasteiger partial charge is 0.394 e. The summed E-state index contributed by atoms with van der Waals surface area (Å²) in [5.74, 6) is 4.84.